The van der Waals surface area contributed by atoms with Crippen LogP contribution >= 0.6 is 0 Å². The fraction of sp³-hybridized carbons (Fsp3) is 0.250. The predicted octanol–water partition coefficient (Wildman–Crippen LogP) is 1.79. The van der Waals surface area contributed by atoms with Crippen LogP contribution in [0.5, 0.6) is 0 Å². The van der Waals surface area contributed by atoms with Gasteiger partial charge in [-0.05, 0) is 36.1 Å². The number of β-lactam (4-membered cyclic amide) rings is 1. The van der Waals surface area contributed by atoms with Crippen LogP contribution in [0.15, 0.2) is 53.7 Å². The molecule has 130 valence electrons. The van der Waals surface area contributed by atoms with E-state index in [4.69, 9.17) is 0 Å². The molecule has 4 heterocycles. The molecule has 2 N–H and O–H groups in total. The SMILES string of the molecule is O=C(O)C1=C(C=Cc2ccc3ccccc3n2)CC2CNC3C(=O)N1[C@H]23. The molecule has 5 rings (SSSR count). The van der Waals surface area contributed by atoms with Gasteiger partial charge in [-0.2, -0.15) is 0 Å². The molecule has 1 aromatic carbocycles. The second kappa shape index (κ2) is 5.51. The van der Waals surface area contributed by atoms with Crippen molar-refractivity contribution in [3.8, 4) is 0 Å². The van der Waals surface area contributed by atoms with Crippen molar-refractivity contribution in [2.45, 2.75) is 18.5 Å². The molecule has 0 bridgehead atoms. The third kappa shape index (κ3) is 2.12. The molecule has 3 aliphatic rings. The van der Waals surface area contributed by atoms with E-state index >= 15 is 0 Å². The van der Waals surface area contributed by atoms with E-state index in [2.05, 4.69) is 10.3 Å². The maximum absolute atomic E-state index is 12.3. The molecule has 1 aromatic heterocycles. The van der Waals surface area contributed by atoms with Gasteiger partial charge in [0.15, 0.2) is 0 Å². The van der Waals surface area contributed by atoms with Crippen LogP contribution in [0.25, 0.3) is 17.0 Å². The Morgan fingerprint density at radius 3 is 2.92 bits per heavy atom. The predicted molar refractivity (Wildman–Crippen MR) is 96.0 cm³/mol. The van der Waals surface area contributed by atoms with E-state index in [9.17, 15) is 14.7 Å². The molecule has 0 radical (unpaired) electrons. The monoisotopic (exact) mass is 347 g/mol. The van der Waals surface area contributed by atoms with Gasteiger partial charge in [-0.15, -0.1) is 0 Å². The van der Waals surface area contributed by atoms with E-state index in [1.807, 2.05) is 42.5 Å². The van der Waals surface area contributed by atoms with Gasteiger partial charge in [0.2, 0.25) is 5.91 Å². The average molecular weight is 347 g/mol. The summed E-state index contributed by atoms with van der Waals surface area (Å²) < 4.78 is 0. The van der Waals surface area contributed by atoms with Crippen molar-refractivity contribution in [2.75, 3.05) is 6.54 Å². The number of carbonyl (C=O) groups excluding carboxylic acids is 1. The maximum Gasteiger partial charge on any atom is 0.352 e. The summed E-state index contributed by atoms with van der Waals surface area (Å²) in [5, 5.41) is 13.9. The van der Waals surface area contributed by atoms with Gasteiger partial charge in [0.25, 0.3) is 0 Å². The quantitative estimate of drug-likeness (QED) is 0.827. The van der Waals surface area contributed by atoms with Crippen LogP contribution in [0.2, 0.25) is 0 Å². The zero-order chi connectivity index (χ0) is 17.8. The Kier molecular flexibility index (Phi) is 3.24. The van der Waals surface area contributed by atoms with Gasteiger partial charge < -0.3 is 10.4 Å². The summed E-state index contributed by atoms with van der Waals surface area (Å²) in [4.78, 5) is 30.1. The highest BCUT2D eigenvalue weighted by Gasteiger charge is 2.59. The number of fused-ring (bicyclic) bond motifs is 1. The summed E-state index contributed by atoms with van der Waals surface area (Å²) >= 11 is 0. The van der Waals surface area contributed by atoms with Crippen molar-refractivity contribution in [3.63, 3.8) is 0 Å². The van der Waals surface area contributed by atoms with Crippen LogP contribution in [0.3, 0.4) is 0 Å². The molecule has 0 aliphatic carbocycles. The third-order valence-electron chi connectivity index (χ3n) is 5.53. The number of para-hydroxylation sites is 1. The number of nitrogens with one attached hydrogen (secondary N) is 1. The Morgan fingerprint density at radius 1 is 1.23 bits per heavy atom. The minimum atomic E-state index is -1.05. The average Bonchev–Trinajstić information content (AvgIpc) is 3.05. The van der Waals surface area contributed by atoms with E-state index in [0.717, 1.165) is 23.1 Å². The Morgan fingerprint density at radius 2 is 2.08 bits per heavy atom. The Balaban J connectivity index is 1.52. The maximum atomic E-state index is 12.3. The fourth-order valence-corrected chi connectivity index (χ4v) is 4.33. The van der Waals surface area contributed by atoms with E-state index in [1.54, 1.807) is 6.08 Å². The number of carboxylic acid groups (broad SMARTS) is 1. The highest BCUT2D eigenvalue weighted by atomic mass is 16.4. The smallest absolute Gasteiger partial charge is 0.352 e. The van der Waals surface area contributed by atoms with Crippen molar-refractivity contribution >= 4 is 28.9 Å². The van der Waals surface area contributed by atoms with Gasteiger partial charge in [0, 0.05) is 11.9 Å². The van der Waals surface area contributed by atoms with Crippen LogP contribution in [0.4, 0.5) is 0 Å². The molecular formula is C20H17N3O3. The lowest BCUT2D eigenvalue weighted by atomic mass is 9.79. The molecule has 0 saturated carbocycles. The molecular weight excluding hydrogens is 330 g/mol. The summed E-state index contributed by atoms with van der Waals surface area (Å²) in [7, 11) is 0. The first-order valence-corrected chi connectivity index (χ1v) is 8.70. The first-order valence-electron chi connectivity index (χ1n) is 8.70. The lowest BCUT2D eigenvalue weighted by Gasteiger charge is -2.48. The molecule has 2 saturated heterocycles. The number of allylic oxidation sites excluding steroid dienone is 2. The van der Waals surface area contributed by atoms with Crippen molar-refractivity contribution in [2.24, 2.45) is 5.92 Å². The van der Waals surface area contributed by atoms with Crippen LogP contribution in [0.1, 0.15) is 12.1 Å². The molecule has 2 unspecified atom stereocenters. The molecule has 3 atom stereocenters. The zero-order valence-corrected chi connectivity index (χ0v) is 13.9. The van der Waals surface area contributed by atoms with Gasteiger partial charge in [0.05, 0.1) is 17.3 Å². The third-order valence-corrected chi connectivity index (χ3v) is 5.53. The van der Waals surface area contributed by atoms with E-state index in [-0.39, 0.29) is 29.6 Å². The van der Waals surface area contributed by atoms with E-state index in [0.29, 0.717) is 12.0 Å². The summed E-state index contributed by atoms with van der Waals surface area (Å²) in [6.45, 7) is 0.746. The lowest BCUT2D eigenvalue weighted by molar-refractivity contribution is -0.153. The molecule has 1 amide bonds. The van der Waals surface area contributed by atoms with Crippen molar-refractivity contribution in [3.05, 3.63) is 59.4 Å². The highest BCUT2D eigenvalue weighted by Crippen LogP contribution is 2.43. The number of aliphatic carboxylic acids is 1. The normalized spacial score (nSPS) is 27.2. The van der Waals surface area contributed by atoms with Crippen molar-refractivity contribution in [1.29, 1.82) is 0 Å². The van der Waals surface area contributed by atoms with Gasteiger partial charge in [-0.25, -0.2) is 9.78 Å². The molecule has 0 spiro atoms. The standard InChI is InChI=1S/C20H17N3O3/c24-19-16-17-13(10-21-16)9-12(18(20(25)26)23(17)19)6-8-14-7-5-11-3-1-2-4-15(11)22-14/h1-8,13,16-17,21H,9-10H2,(H,25,26)/t13?,16?,17-/m1/s1. The Labute approximate surface area is 149 Å². The molecule has 3 aliphatic heterocycles. The molecule has 2 fully saturated rings. The first-order chi connectivity index (χ1) is 12.6. The summed E-state index contributed by atoms with van der Waals surface area (Å²) in [5.41, 5.74) is 2.46. The number of carbonyl (C=O) groups is 2. The lowest BCUT2D eigenvalue weighted by Crippen LogP contribution is -2.68. The van der Waals surface area contributed by atoms with Crippen LogP contribution in [-0.2, 0) is 9.59 Å². The van der Waals surface area contributed by atoms with Gasteiger partial charge in [-0.3, -0.25) is 9.69 Å². The Hall–Kier alpha value is -2.99. The van der Waals surface area contributed by atoms with Crippen molar-refractivity contribution in [1.82, 2.24) is 15.2 Å². The summed E-state index contributed by atoms with van der Waals surface area (Å²) in [6, 6.07) is 11.5. The second-order valence-electron chi connectivity index (χ2n) is 6.99. The number of hydrogen-bond donors (Lipinski definition) is 2. The van der Waals surface area contributed by atoms with Crippen LogP contribution in [-0.4, -0.2) is 45.5 Å². The van der Waals surface area contributed by atoms with Gasteiger partial charge in [0.1, 0.15) is 11.7 Å². The topological polar surface area (TPSA) is 82.5 Å². The highest BCUT2D eigenvalue weighted by molar-refractivity contribution is 6.01. The van der Waals surface area contributed by atoms with Gasteiger partial charge >= 0.3 is 5.97 Å². The molecule has 6 heteroatoms. The molecule has 2 aromatic rings. The number of pyridine rings is 1. The summed E-state index contributed by atoms with van der Waals surface area (Å²) in [5.74, 6) is -0.914. The Bertz CT molecular complexity index is 1010. The first kappa shape index (κ1) is 15.3. The van der Waals surface area contributed by atoms with E-state index in [1.165, 1.54) is 4.90 Å². The molecule has 26 heavy (non-hydrogen) atoms. The van der Waals surface area contributed by atoms with Crippen LogP contribution < -0.4 is 5.32 Å². The second-order valence-corrected chi connectivity index (χ2v) is 6.99. The number of nitrogens with zero attached hydrogens (tertiary/aromatic N) is 2. The van der Waals surface area contributed by atoms with Crippen LogP contribution in [0, 0.1) is 5.92 Å². The number of carboxylic acids is 1. The number of aromatic nitrogens is 1. The minimum Gasteiger partial charge on any atom is -0.477 e. The number of hydrogen-bond acceptors (Lipinski definition) is 4. The number of benzene rings is 1. The number of rotatable bonds is 3. The largest absolute Gasteiger partial charge is 0.477 e. The zero-order valence-electron chi connectivity index (χ0n) is 13.9. The number of amides is 1. The molecule has 6 nitrogen and oxygen atoms in total. The fourth-order valence-electron chi connectivity index (χ4n) is 4.33. The van der Waals surface area contributed by atoms with Gasteiger partial charge in [-0.1, -0.05) is 30.3 Å². The van der Waals surface area contributed by atoms with E-state index < -0.39 is 5.97 Å². The van der Waals surface area contributed by atoms with Crippen molar-refractivity contribution < 1.29 is 14.7 Å². The summed E-state index contributed by atoms with van der Waals surface area (Å²) in [6.07, 6.45) is 4.29. The minimum absolute atomic E-state index is 0.00968.